The number of carbonyl (C=O) groups excluding carboxylic acids is 1. The predicted molar refractivity (Wildman–Crippen MR) is 128 cm³/mol. The number of benzene rings is 1. The van der Waals surface area contributed by atoms with Crippen LogP contribution >= 0.6 is 0 Å². The molecule has 1 atom stereocenters. The van der Waals surface area contributed by atoms with E-state index in [1.807, 2.05) is 0 Å². The molecule has 2 aliphatic heterocycles. The van der Waals surface area contributed by atoms with Crippen LogP contribution in [0.1, 0.15) is 49.7 Å². The summed E-state index contributed by atoms with van der Waals surface area (Å²) in [5, 5.41) is 2.90. The highest BCUT2D eigenvalue weighted by molar-refractivity contribution is 7.89. The molecule has 1 amide bonds. The van der Waals surface area contributed by atoms with Crippen molar-refractivity contribution < 1.29 is 22.7 Å². The lowest BCUT2D eigenvalue weighted by Crippen LogP contribution is -2.39. The number of nitrogens with zero attached hydrogens (tertiary/aromatic N) is 2. The van der Waals surface area contributed by atoms with Gasteiger partial charge in [0, 0.05) is 19.1 Å². The van der Waals surface area contributed by atoms with Crippen molar-refractivity contribution in [3.05, 3.63) is 23.3 Å². The molecule has 1 aromatic rings. The summed E-state index contributed by atoms with van der Waals surface area (Å²) in [5.41, 5.74) is 1.34. The molecule has 2 heterocycles. The van der Waals surface area contributed by atoms with E-state index in [4.69, 9.17) is 9.47 Å². The minimum Gasteiger partial charge on any atom is -0.497 e. The smallest absolute Gasteiger partial charge is 0.245 e. The van der Waals surface area contributed by atoms with E-state index in [9.17, 15) is 13.2 Å². The van der Waals surface area contributed by atoms with E-state index in [-0.39, 0.29) is 25.2 Å². The van der Waals surface area contributed by atoms with Gasteiger partial charge in [-0.3, -0.25) is 4.79 Å². The zero-order chi connectivity index (χ0) is 23.8. The van der Waals surface area contributed by atoms with Gasteiger partial charge in [-0.05, 0) is 95.3 Å². The van der Waals surface area contributed by atoms with E-state index in [1.54, 1.807) is 33.1 Å². The first-order chi connectivity index (χ1) is 15.8. The Morgan fingerprint density at radius 1 is 1.09 bits per heavy atom. The fourth-order valence-corrected chi connectivity index (χ4v) is 6.97. The van der Waals surface area contributed by atoms with Gasteiger partial charge in [0.2, 0.25) is 15.9 Å². The number of likely N-dealkylation sites (tertiary alicyclic amines) is 1. The summed E-state index contributed by atoms with van der Waals surface area (Å²) in [6, 6.07) is 3.23. The van der Waals surface area contributed by atoms with E-state index in [2.05, 4.69) is 10.2 Å². The first-order valence-electron chi connectivity index (χ1n) is 12.1. The molecular formula is C24H39N3O5S. The fourth-order valence-electron chi connectivity index (χ4n) is 4.88. The van der Waals surface area contributed by atoms with E-state index >= 15 is 0 Å². The van der Waals surface area contributed by atoms with Crippen molar-refractivity contribution in [1.82, 2.24) is 14.5 Å². The highest BCUT2D eigenvalue weighted by atomic mass is 32.2. The van der Waals surface area contributed by atoms with Gasteiger partial charge in [-0.15, -0.1) is 0 Å². The van der Waals surface area contributed by atoms with Crippen LogP contribution in [-0.4, -0.2) is 82.6 Å². The number of nitrogens with one attached hydrogen (secondary N) is 1. The molecule has 3 rings (SSSR count). The van der Waals surface area contributed by atoms with Gasteiger partial charge in [0.15, 0.2) is 0 Å². The zero-order valence-corrected chi connectivity index (χ0v) is 21.1. The Labute approximate surface area is 198 Å². The fraction of sp³-hybridized carbons (Fsp3) is 0.708. The third kappa shape index (κ3) is 6.91. The summed E-state index contributed by atoms with van der Waals surface area (Å²) in [7, 11) is -2.09. The van der Waals surface area contributed by atoms with E-state index in [0.29, 0.717) is 34.9 Å². The van der Waals surface area contributed by atoms with Crippen molar-refractivity contribution in [3.8, 4) is 5.75 Å². The summed E-state index contributed by atoms with van der Waals surface area (Å²) in [6.07, 6.45) is 6.15. The molecule has 0 bridgehead atoms. The van der Waals surface area contributed by atoms with Crippen molar-refractivity contribution in [2.45, 2.75) is 63.3 Å². The van der Waals surface area contributed by atoms with Gasteiger partial charge in [-0.1, -0.05) is 0 Å². The van der Waals surface area contributed by atoms with Gasteiger partial charge >= 0.3 is 0 Å². The lowest BCUT2D eigenvalue weighted by molar-refractivity contribution is -0.126. The molecule has 2 fully saturated rings. The maximum Gasteiger partial charge on any atom is 0.245 e. The Hall–Kier alpha value is -1.68. The number of methoxy groups -OCH3 is 1. The lowest BCUT2D eigenvalue weighted by Gasteiger charge is -2.26. The molecule has 33 heavy (non-hydrogen) atoms. The number of carbonyl (C=O) groups is 1. The molecule has 2 aliphatic rings. The predicted octanol–water partition coefficient (Wildman–Crippen LogP) is 2.47. The van der Waals surface area contributed by atoms with Crippen LogP contribution in [0.15, 0.2) is 17.0 Å². The van der Waals surface area contributed by atoms with E-state index in [1.165, 1.54) is 30.2 Å². The Balaban J connectivity index is 1.44. The molecule has 8 nitrogen and oxygen atoms in total. The van der Waals surface area contributed by atoms with Crippen LogP contribution < -0.4 is 10.1 Å². The number of amides is 1. The van der Waals surface area contributed by atoms with Crippen LogP contribution in [0.5, 0.6) is 5.75 Å². The Morgan fingerprint density at radius 2 is 1.79 bits per heavy atom. The lowest BCUT2D eigenvalue weighted by atomic mass is 10.1. The maximum atomic E-state index is 13.4. The molecule has 0 aliphatic carbocycles. The van der Waals surface area contributed by atoms with E-state index in [0.717, 1.165) is 32.2 Å². The van der Waals surface area contributed by atoms with Crippen LogP contribution in [0, 0.1) is 13.8 Å². The van der Waals surface area contributed by atoms with Crippen LogP contribution in [0.2, 0.25) is 0 Å². The summed E-state index contributed by atoms with van der Waals surface area (Å²) in [6.45, 7) is 8.37. The molecule has 1 aromatic carbocycles. The molecule has 0 radical (unpaired) electrons. The molecule has 186 valence electrons. The molecule has 9 heteroatoms. The Morgan fingerprint density at radius 3 is 2.45 bits per heavy atom. The van der Waals surface area contributed by atoms with Crippen LogP contribution in [0.4, 0.5) is 0 Å². The summed E-state index contributed by atoms with van der Waals surface area (Å²) < 4.78 is 39.3. The van der Waals surface area contributed by atoms with Gasteiger partial charge in [0.1, 0.15) is 12.4 Å². The van der Waals surface area contributed by atoms with Crippen molar-refractivity contribution in [2.75, 3.05) is 53.0 Å². The molecule has 2 saturated heterocycles. The van der Waals surface area contributed by atoms with Crippen LogP contribution in [0.3, 0.4) is 0 Å². The second-order valence-corrected chi connectivity index (χ2v) is 11.0. The monoisotopic (exact) mass is 481 g/mol. The van der Waals surface area contributed by atoms with Crippen molar-refractivity contribution in [2.24, 2.45) is 0 Å². The Kier molecular flexibility index (Phi) is 9.55. The van der Waals surface area contributed by atoms with Crippen molar-refractivity contribution in [1.29, 1.82) is 0 Å². The highest BCUT2D eigenvalue weighted by Gasteiger charge is 2.37. The number of unbranched alkanes of at least 4 members (excludes halogenated alkanes) is 1. The number of hydrogen-bond acceptors (Lipinski definition) is 6. The number of sulfonamides is 1. The minimum atomic E-state index is -3.66. The Bertz CT molecular complexity index is 876. The van der Waals surface area contributed by atoms with Crippen molar-refractivity contribution >= 4 is 15.9 Å². The molecule has 0 saturated carbocycles. The average molecular weight is 482 g/mol. The number of aryl methyl sites for hydroxylation is 2. The zero-order valence-electron chi connectivity index (χ0n) is 20.3. The average Bonchev–Trinajstić information content (AvgIpc) is 3.45. The van der Waals surface area contributed by atoms with Gasteiger partial charge in [0.25, 0.3) is 0 Å². The first kappa shape index (κ1) is 25.9. The molecule has 1 N–H and O–H groups in total. The van der Waals surface area contributed by atoms with Crippen LogP contribution in [0.25, 0.3) is 0 Å². The summed E-state index contributed by atoms with van der Waals surface area (Å²) in [5.74, 6) is 0.498. The largest absolute Gasteiger partial charge is 0.497 e. The maximum absolute atomic E-state index is 13.4. The summed E-state index contributed by atoms with van der Waals surface area (Å²) >= 11 is 0. The molecule has 0 aromatic heterocycles. The second kappa shape index (κ2) is 12.1. The number of hydrogen-bond donors (Lipinski definition) is 1. The molecular weight excluding hydrogens is 442 g/mol. The quantitative estimate of drug-likeness (QED) is 0.462. The highest BCUT2D eigenvalue weighted by Crippen LogP contribution is 2.32. The van der Waals surface area contributed by atoms with Gasteiger partial charge < -0.3 is 19.7 Å². The van der Waals surface area contributed by atoms with Gasteiger partial charge in [-0.2, -0.15) is 4.31 Å². The summed E-state index contributed by atoms with van der Waals surface area (Å²) in [4.78, 5) is 14.9. The topological polar surface area (TPSA) is 88.2 Å². The van der Waals surface area contributed by atoms with E-state index < -0.39 is 10.0 Å². The molecule has 1 unspecified atom stereocenters. The second-order valence-electron chi connectivity index (χ2n) is 9.12. The van der Waals surface area contributed by atoms with Crippen molar-refractivity contribution in [3.63, 3.8) is 0 Å². The standard InChI is InChI=1S/C24H39N3O5S/c1-19-15-22(31-3)16-20(2)24(19)33(29,30)27-14-8-9-21(27)17-32-18-23(28)25-10-4-5-11-26-12-6-7-13-26/h15-16,21H,4-14,17-18H2,1-3H3,(H,25,28). The number of ether oxygens (including phenoxy) is 2. The first-order valence-corrected chi connectivity index (χ1v) is 13.5. The molecule has 0 spiro atoms. The SMILES string of the molecule is COc1cc(C)c(S(=O)(=O)N2CCCC2COCC(=O)NCCCCN2CCCC2)c(C)c1. The third-order valence-electron chi connectivity index (χ3n) is 6.52. The normalized spacial score (nSPS) is 19.8. The third-order valence-corrected chi connectivity index (χ3v) is 8.78. The minimum absolute atomic E-state index is 0.0445. The number of rotatable bonds is 12. The van der Waals surface area contributed by atoms with Crippen LogP contribution in [-0.2, 0) is 19.6 Å². The van der Waals surface area contributed by atoms with Gasteiger partial charge in [-0.25, -0.2) is 8.42 Å². The van der Waals surface area contributed by atoms with Gasteiger partial charge in [0.05, 0.1) is 18.6 Å².